The molecule has 94 valence electrons. The van der Waals surface area contributed by atoms with Gasteiger partial charge in [0.25, 0.3) is 5.91 Å². The van der Waals surface area contributed by atoms with Crippen LogP contribution < -0.4 is 11.1 Å². The van der Waals surface area contributed by atoms with Crippen LogP contribution in [0.5, 0.6) is 0 Å². The van der Waals surface area contributed by atoms with Crippen LogP contribution in [0.15, 0.2) is 24.3 Å². The first-order valence-electron chi connectivity index (χ1n) is 5.81. The van der Waals surface area contributed by atoms with Crippen molar-refractivity contribution in [3.05, 3.63) is 29.8 Å². The summed E-state index contributed by atoms with van der Waals surface area (Å²) in [5, 5.41) is 3.01. The van der Waals surface area contributed by atoms with Gasteiger partial charge in [0.05, 0.1) is 0 Å². The van der Waals surface area contributed by atoms with E-state index in [1.165, 1.54) is 12.8 Å². The molecule has 0 saturated heterocycles. The molecule has 2 rings (SSSR count). The lowest BCUT2D eigenvalue weighted by Gasteiger charge is -2.13. The van der Waals surface area contributed by atoms with E-state index >= 15 is 0 Å². The molecule has 4 heteroatoms. The summed E-state index contributed by atoms with van der Waals surface area (Å²) < 4.78 is 0. The van der Waals surface area contributed by atoms with Crippen molar-refractivity contribution >= 4 is 24.0 Å². The molecule has 0 radical (unpaired) electrons. The van der Waals surface area contributed by atoms with E-state index in [0.717, 1.165) is 12.3 Å². The predicted octanol–water partition coefficient (Wildman–Crippen LogP) is 2.61. The third-order valence-electron chi connectivity index (χ3n) is 2.93. The van der Waals surface area contributed by atoms with Gasteiger partial charge in [-0.25, -0.2) is 0 Å². The van der Waals surface area contributed by atoms with Crippen LogP contribution >= 0.6 is 12.4 Å². The van der Waals surface area contributed by atoms with Crippen LogP contribution in [0.4, 0.5) is 5.69 Å². The quantitative estimate of drug-likeness (QED) is 0.812. The summed E-state index contributed by atoms with van der Waals surface area (Å²) in [6, 6.07) is 7.28. The van der Waals surface area contributed by atoms with Crippen LogP contribution in [0.2, 0.25) is 0 Å². The number of anilines is 1. The molecule has 1 aromatic carbocycles. The highest BCUT2D eigenvalue weighted by molar-refractivity contribution is 5.94. The van der Waals surface area contributed by atoms with Crippen molar-refractivity contribution in [3.63, 3.8) is 0 Å². The first kappa shape index (κ1) is 13.8. The van der Waals surface area contributed by atoms with Gasteiger partial charge in [-0.15, -0.1) is 12.4 Å². The molecule has 1 aliphatic rings. The highest BCUT2D eigenvalue weighted by atomic mass is 35.5. The Balaban J connectivity index is 0.00000144. The van der Waals surface area contributed by atoms with Crippen LogP contribution in [0, 0.1) is 5.92 Å². The molecule has 3 N–H and O–H groups in total. The summed E-state index contributed by atoms with van der Waals surface area (Å²) >= 11 is 0. The van der Waals surface area contributed by atoms with Gasteiger partial charge in [-0.3, -0.25) is 4.79 Å². The number of carbonyl (C=O) groups is 1. The lowest BCUT2D eigenvalue weighted by molar-refractivity contribution is 0.0937. The van der Waals surface area contributed by atoms with Gasteiger partial charge < -0.3 is 11.1 Å². The van der Waals surface area contributed by atoms with E-state index in [-0.39, 0.29) is 24.4 Å². The zero-order valence-electron chi connectivity index (χ0n) is 9.98. The number of halogens is 1. The van der Waals surface area contributed by atoms with E-state index in [2.05, 4.69) is 12.2 Å². The molecule has 1 saturated carbocycles. The molecule has 1 unspecified atom stereocenters. The molecule has 0 heterocycles. The number of rotatable bonds is 4. The molecule has 17 heavy (non-hydrogen) atoms. The summed E-state index contributed by atoms with van der Waals surface area (Å²) in [5.41, 5.74) is 6.93. The summed E-state index contributed by atoms with van der Waals surface area (Å²) in [6.07, 6.45) is 3.74. The van der Waals surface area contributed by atoms with Crippen LogP contribution in [0.25, 0.3) is 0 Å². The van der Waals surface area contributed by atoms with Gasteiger partial charge in [-0.1, -0.05) is 12.8 Å². The number of hydrogen-bond acceptors (Lipinski definition) is 2. The number of nitrogens with one attached hydrogen (secondary N) is 1. The minimum atomic E-state index is -0.00634. The van der Waals surface area contributed by atoms with Crippen LogP contribution in [-0.2, 0) is 0 Å². The van der Waals surface area contributed by atoms with Crippen molar-refractivity contribution in [3.8, 4) is 0 Å². The molecule has 0 bridgehead atoms. The van der Waals surface area contributed by atoms with Gasteiger partial charge in [0.15, 0.2) is 0 Å². The molecule has 1 aliphatic carbocycles. The Hall–Kier alpha value is -1.22. The normalized spacial score (nSPS) is 15.8. The fourth-order valence-electron chi connectivity index (χ4n) is 1.85. The summed E-state index contributed by atoms with van der Waals surface area (Å²) in [6.45, 7) is 2.06. The van der Waals surface area contributed by atoms with Crippen molar-refractivity contribution in [1.29, 1.82) is 0 Å². The average Bonchev–Trinajstić information content (AvgIpc) is 3.02. The zero-order chi connectivity index (χ0) is 11.5. The van der Waals surface area contributed by atoms with Gasteiger partial charge in [0.2, 0.25) is 0 Å². The van der Waals surface area contributed by atoms with Gasteiger partial charge in [0, 0.05) is 17.3 Å². The number of hydrogen-bond donors (Lipinski definition) is 2. The molecule has 1 fully saturated rings. The molecular weight excluding hydrogens is 236 g/mol. The van der Waals surface area contributed by atoms with Gasteiger partial charge in [0.1, 0.15) is 0 Å². The fourth-order valence-corrected chi connectivity index (χ4v) is 1.85. The number of nitrogen functional groups attached to an aromatic ring is 1. The number of nitrogens with two attached hydrogens (primary N) is 1. The van der Waals surface area contributed by atoms with Crippen molar-refractivity contribution in [2.45, 2.75) is 32.2 Å². The Morgan fingerprint density at radius 3 is 2.53 bits per heavy atom. The third-order valence-corrected chi connectivity index (χ3v) is 2.93. The Morgan fingerprint density at radius 2 is 2.00 bits per heavy atom. The highest BCUT2D eigenvalue weighted by Gasteiger charge is 2.24. The Labute approximate surface area is 108 Å². The van der Waals surface area contributed by atoms with Gasteiger partial charge >= 0.3 is 0 Å². The zero-order valence-corrected chi connectivity index (χ0v) is 10.8. The molecule has 1 atom stereocenters. The van der Waals surface area contributed by atoms with Crippen molar-refractivity contribution in [1.82, 2.24) is 5.32 Å². The maximum atomic E-state index is 11.8. The molecular formula is C13H19ClN2O. The maximum Gasteiger partial charge on any atom is 0.251 e. The van der Waals surface area contributed by atoms with Crippen molar-refractivity contribution < 1.29 is 4.79 Å². The van der Waals surface area contributed by atoms with Crippen molar-refractivity contribution in [2.75, 3.05) is 5.73 Å². The molecule has 1 aromatic rings. The fraction of sp³-hybridized carbons (Fsp3) is 0.462. The molecule has 0 spiro atoms. The van der Waals surface area contributed by atoms with E-state index in [9.17, 15) is 4.79 Å². The second-order valence-electron chi connectivity index (χ2n) is 4.68. The molecule has 3 nitrogen and oxygen atoms in total. The molecule has 0 aromatic heterocycles. The minimum absolute atomic E-state index is 0. The predicted molar refractivity (Wildman–Crippen MR) is 72.4 cm³/mol. The minimum Gasteiger partial charge on any atom is -0.399 e. The van der Waals surface area contributed by atoms with E-state index < -0.39 is 0 Å². The second kappa shape index (κ2) is 5.92. The Kier molecular flexibility index (Phi) is 4.82. The Morgan fingerprint density at radius 1 is 1.41 bits per heavy atom. The molecule has 0 aliphatic heterocycles. The lowest BCUT2D eigenvalue weighted by Crippen LogP contribution is -2.32. The number of carbonyl (C=O) groups excluding carboxylic acids is 1. The van der Waals surface area contributed by atoms with E-state index in [4.69, 9.17) is 5.73 Å². The van der Waals surface area contributed by atoms with E-state index in [1.807, 2.05) is 0 Å². The third kappa shape index (κ3) is 4.27. The second-order valence-corrected chi connectivity index (χ2v) is 4.68. The van der Waals surface area contributed by atoms with Crippen LogP contribution in [-0.4, -0.2) is 11.9 Å². The SMILES string of the molecule is CC(CC1CC1)NC(=O)c1ccc(N)cc1.Cl. The first-order chi connectivity index (χ1) is 7.65. The highest BCUT2D eigenvalue weighted by Crippen LogP contribution is 2.33. The lowest BCUT2D eigenvalue weighted by atomic mass is 10.1. The largest absolute Gasteiger partial charge is 0.399 e. The van der Waals surface area contributed by atoms with Gasteiger partial charge in [-0.2, -0.15) is 0 Å². The van der Waals surface area contributed by atoms with Crippen LogP contribution in [0.1, 0.15) is 36.5 Å². The topological polar surface area (TPSA) is 55.1 Å². The van der Waals surface area contributed by atoms with E-state index in [0.29, 0.717) is 11.3 Å². The monoisotopic (exact) mass is 254 g/mol. The van der Waals surface area contributed by atoms with Crippen molar-refractivity contribution in [2.24, 2.45) is 5.92 Å². The standard InChI is InChI=1S/C13H18N2O.ClH/c1-9(8-10-2-3-10)15-13(16)11-4-6-12(14)7-5-11;/h4-7,9-10H,2-3,8,14H2,1H3,(H,15,16);1H. The smallest absolute Gasteiger partial charge is 0.251 e. The summed E-state index contributed by atoms with van der Waals surface area (Å²) in [7, 11) is 0. The average molecular weight is 255 g/mol. The maximum absolute atomic E-state index is 11.8. The summed E-state index contributed by atoms with van der Waals surface area (Å²) in [4.78, 5) is 11.8. The number of benzene rings is 1. The Bertz CT molecular complexity index is 374. The molecule has 1 amide bonds. The summed E-state index contributed by atoms with van der Waals surface area (Å²) in [5.74, 6) is 0.829. The van der Waals surface area contributed by atoms with E-state index in [1.54, 1.807) is 24.3 Å². The van der Waals surface area contributed by atoms with Crippen LogP contribution in [0.3, 0.4) is 0 Å². The number of amides is 1. The first-order valence-corrected chi connectivity index (χ1v) is 5.81. The van der Waals surface area contributed by atoms with Gasteiger partial charge in [-0.05, 0) is 43.5 Å².